The number of nitrogens with zero attached hydrogens (tertiary/aromatic N) is 2. The highest BCUT2D eigenvalue weighted by molar-refractivity contribution is 5.94. The van der Waals surface area contributed by atoms with Crippen molar-refractivity contribution in [2.75, 3.05) is 18.1 Å². The Kier molecular flexibility index (Phi) is 4.15. The van der Waals surface area contributed by atoms with E-state index in [1.54, 1.807) is 0 Å². The lowest BCUT2D eigenvalue weighted by Gasteiger charge is -2.02. The highest BCUT2D eigenvalue weighted by Crippen LogP contribution is 2.29. The molecular weight excluding hydrogens is 306 g/mol. The minimum Gasteiger partial charge on any atom is -0.424 e. The fourth-order valence-corrected chi connectivity index (χ4v) is 2.51. The Labute approximate surface area is 137 Å². The molecule has 7 nitrogen and oxygen atoms in total. The molecule has 24 heavy (non-hydrogen) atoms. The maximum atomic E-state index is 8.81. The van der Waals surface area contributed by atoms with E-state index in [9.17, 15) is 0 Å². The van der Waals surface area contributed by atoms with E-state index in [2.05, 4.69) is 26.6 Å². The second kappa shape index (κ2) is 6.41. The molecular formula is C17H17N5O2. The predicted molar refractivity (Wildman–Crippen MR) is 94.8 cm³/mol. The lowest BCUT2D eigenvalue weighted by molar-refractivity contribution is -0.106. The molecule has 0 fully saturated rings. The number of hydrogen-bond donors (Lipinski definition) is 3. The topological polar surface area (TPSA) is 110 Å². The van der Waals surface area contributed by atoms with E-state index in [4.69, 9.17) is 14.9 Å². The lowest BCUT2D eigenvalue weighted by atomic mass is 10.0. The van der Waals surface area contributed by atoms with Crippen LogP contribution in [0.5, 0.6) is 0 Å². The first kappa shape index (κ1) is 15.5. The quantitative estimate of drug-likeness (QED) is 0.489. The molecule has 0 spiro atoms. The molecule has 4 aromatic rings. The van der Waals surface area contributed by atoms with Crippen LogP contribution in [-0.2, 0) is 4.79 Å². The van der Waals surface area contributed by atoms with Crippen LogP contribution in [0.4, 0.5) is 11.8 Å². The molecule has 0 unspecified atom stereocenters. The molecule has 2 aromatic carbocycles. The molecule has 4 N–H and O–H groups in total. The third kappa shape index (κ3) is 2.79. The van der Waals surface area contributed by atoms with Crippen LogP contribution < -0.4 is 11.1 Å². The highest BCUT2D eigenvalue weighted by atomic mass is 16.4. The minimum absolute atomic E-state index is 0.185. The zero-order chi connectivity index (χ0) is 17.1. The molecule has 122 valence electrons. The largest absolute Gasteiger partial charge is 0.424 e. The van der Waals surface area contributed by atoms with Crippen molar-refractivity contribution >= 4 is 40.1 Å². The number of nitrogens with two attached hydrogens (primary N) is 1. The number of fused-ring (bicyclic) bond motifs is 2. The number of carbonyl (C=O) groups is 1. The van der Waals surface area contributed by atoms with Crippen LogP contribution >= 0.6 is 0 Å². The number of oxazole rings is 1. The minimum atomic E-state index is 0.185. The number of nitrogens with one attached hydrogen (secondary N) is 2. The van der Waals surface area contributed by atoms with Gasteiger partial charge in [0.15, 0.2) is 11.4 Å². The monoisotopic (exact) mass is 323 g/mol. The zero-order valence-corrected chi connectivity index (χ0v) is 13.3. The van der Waals surface area contributed by atoms with E-state index in [1.165, 1.54) is 6.92 Å². The van der Waals surface area contributed by atoms with Crippen molar-refractivity contribution < 1.29 is 9.21 Å². The molecule has 4 rings (SSSR count). The van der Waals surface area contributed by atoms with E-state index in [-0.39, 0.29) is 6.01 Å². The second-order valence-corrected chi connectivity index (χ2v) is 5.05. The van der Waals surface area contributed by atoms with Crippen molar-refractivity contribution in [3.05, 3.63) is 36.4 Å². The molecule has 0 saturated carbocycles. The average Bonchev–Trinajstić information content (AvgIpc) is 3.15. The van der Waals surface area contributed by atoms with E-state index in [1.807, 2.05) is 37.4 Å². The van der Waals surface area contributed by atoms with Gasteiger partial charge in [-0.15, -0.1) is 0 Å². The Bertz CT molecular complexity index is 1000. The smallest absolute Gasteiger partial charge is 0.292 e. The number of anilines is 2. The van der Waals surface area contributed by atoms with Crippen molar-refractivity contribution in [2.24, 2.45) is 0 Å². The van der Waals surface area contributed by atoms with Crippen LogP contribution in [-0.4, -0.2) is 28.5 Å². The number of benzene rings is 2. The average molecular weight is 323 g/mol. The van der Waals surface area contributed by atoms with Gasteiger partial charge in [-0.1, -0.05) is 12.1 Å². The highest BCUT2D eigenvalue weighted by Gasteiger charge is 2.08. The van der Waals surface area contributed by atoms with Crippen molar-refractivity contribution in [3.63, 3.8) is 0 Å². The maximum Gasteiger partial charge on any atom is 0.292 e. The molecule has 2 aromatic heterocycles. The van der Waals surface area contributed by atoms with Gasteiger partial charge in [-0.2, -0.15) is 10.1 Å². The van der Waals surface area contributed by atoms with Gasteiger partial charge in [-0.25, -0.2) is 0 Å². The number of aromatic nitrogens is 3. The van der Waals surface area contributed by atoms with Gasteiger partial charge in [0.1, 0.15) is 11.8 Å². The summed E-state index contributed by atoms with van der Waals surface area (Å²) in [7, 11) is 1.85. The molecule has 0 radical (unpaired) electrons. The van der Waals surface area contributed by atoms with Crippen LogP contribution in [0.15, 0.2) is 40.8 Å². The third-order valence-corrected chi connectivity index (χ3v) is 3.54. The fraction of sp³-hybridized carbons (Fsp3) is 0.118. The number of hydrogen-bond acceptors (Lipinski definition) is 6. The molecule has 7 heteroatoms. The number of aromatic amines is 1. The van der Waals surface area contributed by atoms with Crippen LogP contribution in [0.3, 0.4) is 0 Å². The number of rotatable bonds is 2. The summed E-state index contributed by atoms with van der Waals surface area (Å²) in [6.45, 7) is 1.44. The first-order chi connectivity index (χ1) is 11.7. The van der Waals surface area contributed by atoms with Crippen molar-refractivity contribution in [2.45, 2.75) is 6.92 Å². The Morgan fingerprint density at radius 1 is 1.21 bits per heavy atom. The van der Waals surface area contributed by atoms with Gasteiger partial charge < -0.3 is 20.3 Å². The van der Waals surface area contributed by atoms with Crippen LogP contribution in [0.25, 0.3) is 33.1 Å². The van der Waals surface area contributed by atoms with Gasteiger partial charge in [-0.05, 0) is 42.3 Å². The lowest BCUT2D eigenvalue weighted by Crippen LogP contribution is -1.87. The van der Waals surface area contributed by atoms with E-state index in [0.717, 1.165) is 39.7 Å². The summed E-state index contributed by atoms with van der Waals surface area (Å²) in [4.78, 5) is 13.0. The molecule has 0 amide bonds. The molecule has 2 heterocycles. The second-order valence-electron chi connectivity index (χ2n) is 5.05. The predicted octanol–water partition coefficient (Wildman–Crippen LogP) is 3.20. The van der Waals surface area contributed by atoms with Crippen molar-refractivity contribution in [1.82, 2.24) is 15.2 Å². The first-order valence-electron chi connectivity index (χ1n) is 7.38. The van der Waals surface area contributed by atoms with Crippen molar-refractivity contribution in [3.8, 4) is 11.1 Å². The molecule has 0 aliphatic carbocycles. The Hall–Kier alpha value is -3.35. The number of carbonyl (C=O) groups excluding carboxylic acids is 1. The standard InChI is InChI=1S/C15H13N5O.C2H4O/c1-17-14-10-6-8(2-4-11(10)19-20-14)9-3-5-13-12(7-9)18-15(16)21-13;1-2-3/h2-7H,1H3,(H2,16,18)(H2,17,19,20);2H,1H3. The van der Waals surface area contributed by atoms with E-state index in [0.29, 0.717) is 5.58 Å². The van der Waals surface area contributed by atoms with Crippen LogP contribution in [0.1, 0.15) is 6.92 Å². The van der Waals surface area contributed by atoms with Gasteiger partial charge >= 0.3 is 0 Å². The molecule has 0 saturated heterocycles. The van der Waals surface area contributed by atoms with Crippen molar-refractivity contribution in [1.29, 1.82) is 0 Å². The fourth-order valence-electron chi connectivity index (χ4n) is 2.51. The zero-order valence-electron chi connectivity index (χ0n) is 13.3. The number of nitrogen functional groups attached to an aromatic ring is 1. The summed E-state index contributed by atoms with van der Waals surface area (Å²) < 4.78 is 5.29. The SMILES string of the molecule is CC=O.CNc1n[nH]c2ccc(-c3ccc4oc(N)nc4c3)cc12. The third-order valence-electron chi connectivity index (χ3n) is 3.54. The van der Waals surface area contributed by atoms with Gasteiger partial charge in [0.25, 0.3) is 6.01 Å². The number of H-pyrrole nitrogens is 1. The van der Waals surface area contributed by atoms with E-state index < -0.39 is 0 Å². The van der Waals surface area contributed by atoms with Crippen LogP contribution in [0.2, 0.25) is 0 Å². The molecule has 0 bridgehead atoms. The summed E-state index contributed by atoms with van der Waals surface area (Å²) in [5.41, 5.74) is 10.2. The van der Waals surface area contributed by atoms with Crippen LogP contribution in [0, 0.1) is 0 Å². The Morgan fingerprint density at radius 2 is 1.92 bits per heavy atom. The summed E-state index contributed by atoms with van der Waals surface area (Å²) in [5.74, 6) is 0.832. The van der Waals surface area contributed by atoms with Gasteiger partial charge in [0, 0.05) is 12.4 Å². The van der Waals surface area contributed by atoms with Gasteiger partial charge in [0.05, 0.1) is 5.52 Å². The summed E-state index contributed by atoms with van der Waals surface area (Å²) in [6.07, 6.45) is 0.750. The summed E-state index contributed by atoms with van der Waals surface area (Å²) in [6, 6.07) is 12.2. The first-order valence-corrected chi connectivity index (χ1v) is 7.38. The van der Waals surface area contributed by atoms with Gasteiger partial charge in [0.2, 0.25) is 0 Å². The molecule has 0 atom stereocenters. The molecule has 0 aliphatic rings. The summed E-state index contributed by atoms with van der Waals surface area (Å²) >= 11 is 0. The Balaban J connectivity index is 0.000000526. The maximum absolute atomic E-state index is 8.81. The molecule has 0 aliphatic heterocycles. The Morgan fingerprint density at radius 3 is 2.67 bits per heavy atom. The summed E-state index contributed by atoms with van der Waals surface area (Å²) in [5, 5.41) is 11.3. The van der Waals surface area contributed by atoms with E-state index >= 15 is 0 Å². The number of aldehydes is 1. The normalized spacial score (nSPS) is 10.4. The van der Waals surface area contributed by atoms with Gasteiger partial charge in [-0.3, -0.25) is 5.10 Å².